The first kappa shape index (κ1) is 17.6. The lowest BCUT2D eigenvalue weighted by molar-refractivity contribution is -0.112. The minimum absolute atomic E-state index is 0.0373. The van der Waals surface area contributed by atoms with Crippen LogP contribution in [0.3, 0.4) is 0 Å². The molecule has 0 bridgehead atoms. The van der Waals surface area contributed by atoms with E-state index in [-0.39, 0.29) is 5.57 Å². The van der Waals surface area contributed by atoms with Crippen molar-refractivity contribution < 1.29 is 4.79 Å². The van der Waals surface area contributed by atoms with Gasteiger partial charge >= 0.3 is 0 Å². The Morgan fingerprint density at radius 2 is 2.00 bits per heavy atom. The van der Waals surface area contributed by atoms with Crippen molar-refractivity contribution in [3.63, 3.8) is 0 Å². The molecule has 1 saturated carbocycles. The molecular formula is C19H17Cl2N3O. The predicted molar refractivity (Wildman–Crippen MR) is 101 cm³/mol. The maximum atomic E-state index is 12.3. The molecule has 0 atom stereocenters. The first-order valence-electron chi connectivity index (χ1n) is 8.12. The Kier molecular flexibility index (Phi) is 5.47. The van der Waals surface area contributed by atoms with Crippen LogP contribution in [0.25, 0.3) is 6.08 Å². The van der Waals surface area contributed by atoms with E-state index in [4.69, 9.17) is 23.2 Å². The van der Waals surface area contributed by atoms with Crippen LogP contribution in [0, 0.1) is 11.3 Å². The Morgan fingerprint density at radius 1 is 1.24 bits per heavy atom. The molecule has 6 heteroatoms. The van der Waals surface area contributed by atoms with E-state index in [0.717, 1.165) is 5.56 Å². The molecule has 1 aromatic heterocycles. The van der Waals surface area contributed by atoms with Crippen LogP contribution < -0.4 is 5.32 Å². The van der Waals surface area contributed by atoms with E-state index in [1.165, 1.54) is 25.7 Å². The molecule has 2 aromatic rings. The van der Waals surface area contributed by atoms with Crippen molar-refractivity contribution in [1.82, 2.24) is 4.57 Å². The second-order valence-electron chi connectivity index (χ2n) is 6.08. The molecule has 0 saturated heterocycles. The zero-order chi connectivity index (χ0) is 17.8. The van der Waals surface area contributed by atoms with Crippen molar-refractivity contribution in [2.24, 2.45) is 0 Å². The number of nitrogens with one attached hydrogen (secondary N) is 1. The maximum absolute atomic E-state index is 12.3. The fourth-order valence-electron chi connectivity index (χ4n) is 3.03. The number of carbonyl (C=O) groups excluding carboxylic acids is 1. The van der Waals surface area contributed by atoms with Crippen molar-refractivity contribution in [3.05, 3.63) is 57.8 Å². The Bertz CT molecular complexity index is 858. The molecular weight excluding hydrogens is 357 g/mol. The number of hydrogen-bond acceptors (Lipinski definition) is 2. The van der Waals surface area contributed by atoms with E-state index in [2.05, 4.69) is 9.88 Å². The van der Waals surface area contributed by atoms with Crippen molar-refractivity contribution in [3.8, 4) is 6.07 Å². The van der Waals surface area contributed by atoms with Crippen LogP contribution in [0.1, 0.15) is 37.3 Å². The smallest absolute Gasteiger partial charge is 0.266 e. The summed E-state index contributed by atoms with van der Waals surface area (Å²) in [4.78, 5) is 12.3. The van der Waals surface area contributed by atoms with Gasteiger partial charge in [-0.1, -0.05) is 36.0 Å². The van der Waals surface area contributed by atoms with E-state index in [1.54, 1.807) is 24.3 Å². The van der Waals surface area contributed by atoms with Crippen molar-refractivity contribution in [1.29, 1.82) is 5.26 Å². The van der Waals surface area contributed by atoms with Crippen molar-refractivity contribution >= 4 is 40.9 Å². The minimum Gasteiger partial charge on any atom is -0.351 e. The van der Waals surface area contributed by atoms with Gasteiger partial charge in [0.15, 0.2) is 0 Å². The van der Waals surface area contributed by atoms with Gasteiger partial charge in [0.2, 0.25) is 0 Å². The Morgan fingerprint density at radius 3 is 2.68 bits per heavy atom. The molecule has 0 spiro atoms. The van der Waals surface area contributed by atoms with Crippen LogP contribution in [-0.2, 0) is 4.79 Å². The molecule has 1 aliphatic carbocycles. The van der Waals surface area contributed by atoms with E-state index in [9.17, 15) is 10.1 Å². The molecule has 1 fully saturated rings. The molecule has 1 aliphatic rings. The molecule has 1 amide bonds. The fraction of sp³-hybridized carbons (Fsp3) is 0.263. The summed E-state index contributed by atoms with van der Waals surface area (Å²) in [7, 11) is 0. The standard InChI is InChI=1S/C19H17Cl2N3O/c20-17-6-5-15(10-18(17)21)23-19(25)14(11-22)9-13-7-8-24(12-13)16-3-1-2-4-16/h5-10,12,16H,1-4H2,(H,23,25)/b14-9+. The molecule has 25 heavy (non-hydrogen) atoms. The van der Waals surface area contributed by atoms with Gasteiger partial charge in [-0.3, -0.25) is 4.79 Å². The van der Waals surface area contributed by atoms with Gasteiger partial charge in [-0.25, -0.2) is 0 Å². The second-order valence-corrected chi connectivity index (χ2v) is 6.90. The van der Waals surface area contributed by atoms with Crippen LogP contribution in [-0.4, -0.2) is 10.5 Å². The van der Waals surface area contributed by atoms with Gasteiger partial charge < -0.3 is 9.88 Å². The van der Waals surface area contributed by atoms with E-state index >= 15 is 0 Å². The molecule has 128 valence electrons. The lowest BCUT2D eigenvalue weighted by Crippen LogP contribution is -2.13. The number of halogens is 2. The molecule has 4 nitrogen and oxygen atoms in total. The quantitative estimate of drug-likeness (QED) is 0.571. The fourth-order valence-corrected chi connectivity index (χ4v) is 3.33. The van der Waals surface area contributed by atoms with Gasteiger partial charge in [-0.15, -0.1) is 0 Å². The van der Waals surface area contributed by atoms with Crippen LogP contribution in [0.2, 0.25) is 10.0 Å². The summed E-state index contributed by atoms with van der Waals surface area (Å²) < 4.78 is 2.17. The highest BCUT2D eigenvalue weighted by Crippen LogP contribution is 2.30. The topological polar surface area (TPSA) is 57.8 Å². The first-order valence-corrected chi connectivity index (χ1v) is 8.88. The van der Waals surface area contributed by atoms with Crippen LogP contribution >= 0.6 is 23.2 Å². The number of aromatic nitrogens is 1. The normalized spacial score (nSPS) is 15.2. The molecule has 0 radical (unpaired) electrons. The molecule has 0 aliphatic heterocycles. The lowest BCUT2D eigenvalue weighted by Gasteiger charge is -2.10. The molecule has 1 heterocycles. The summed E-state index contributed by atoms with van der Waals surface area (Å²) in [6, 6.07) is 9.18. The van der Waals surface area contributed by atoms with Gasteiger partial charge in [-0.05, 0) is 48.7 Å². The number of carbonyl (C=O) groups is 1. The van der Waals surface area contributed by atoms with E-state index in [0.29, 0.717) is 21.8 Å². The van der Waals surface area contributed by atoms with Gasteiger partial charge in [0.05, 0.1) is 10.0 Å². The number of hydrogen-bond donors (Lipinski definition) is 1. The Hall–Kier alpha value is -2.22. The zero-order valence-corrected chi connectivity index (χ0v) is 15.0. The Labute approximate surface area is 156 Å². The van der Waals surface area contributed by atoms with Crippen LogP contribution in [0.4, 0.5) is 5.69 Å². The molecule has 1 aromatic carbocycles. The molecule has 1 N–H and O–H groups in total. The van der Waals surface area contributed by atoms with E-state index < -0.39 is 5.91 Å². The number of benzene rings is 1. The summed E-state index contributed by atoms with van der Waals surface area (Å²) in [6.07, 6.45) is 10.5. The summed E-state index contributed by atoms with van der Waals surface area (Å²) in [5.41, 5.74) is 1.37. The highest BCUT2D eigenvalue weighted by Gasteiger charge is 2.16. The third-order valence-corrected chi connectivity index (χ3v) is 5.08. The lowest BCUT2D eigenvalue weighted by atomic mass is 10.2. The van der Waals surface area contributed by atoms with Crippen molar-refractivity contribution in [2.45, 2.75) is 31.7 Å². The van der Waals surface area contributed by atoms with Crippen LogP contribution in [0.5, 0.6) is 0 Å². The molecule has 3 rings (SSSR count). The highest BCUT2D eigenvalue weighted by atomic mass is 35.5. The molecule has 0 unspecified atom stereocenters. The maximum Gasteiger partial charge on any atom is 0.266 e. The van der Waals surface area contributed by atoms with Crippen molar-refractivity contribution in [2.75, 3.05) is 5.32 Å². The zero-order valence-electron chi connectivity index (χ0n) is 13.5. The number of amides is 1. The number of anilines is 1. The van der Waals surface area contributed by atoms with Gasteiger partial charge in [0.1, 0.15) is 11.6 Å². The summed E-state index contributed by atoms with van der Waals surface area (Å²) >= 11 is 11.8. The SMILES string of the molecule is N#C/C(=C\c1ccn(C2CCCC2)c1)C(=O)Nc1ccc(Cl)c(Cl)c1. The second kappa shape index (κ2) is 7.77. The average molecular weight is 374 g/mol. The highest BCUT2D eigenvalue weighted by molar-refractivity contribution is 6.42. The third kappa shape index (κ3) is 4.25. The van der Waals surface area contributed by atoms with Gasteiger partial charge in [-0.2, -0.15) is 5.26 Å². The van der Waals surface area contributed by atoms with Gasteiger partial charge in [0, 0.05) is 24.1 Å². The summed E-state index contributed by atoms with van der Waals surface area (Å²) in [5.74, 6) is -0.477. The predicted octanol–water partition coefficient (Wildman–Crippen LogP) is 5.46. The third-order valence-electron chi connectivity index (χ3n) is 4.34. The van der Waals surface area contributed by atoms with Crippen LogP contribution in [0.15, 0.2) is 42.2 Å². The number of nitrogens with zero attached hydrogens (tertiary/aromatic N) is 2. The van der Waals surface area contributed by atoms with Gasteiger partial charge in [0.25, 0.3) is 5.91 Å². The van der Waals surface area contributed by atoms with E-state index in [1.807, 2.05) is 24.5 Å². The monoisotopic (exact) mass is 373 g/mol. The largest absolute Gasteiger partial charge is 0.351 e. The summed E-state index contributed by atoms with van der Waals surface area (Å²) in [5, 5.41) is 12.7. The first-order chi connectivity index (χ1) is 12.1. The number of nitriles is 1. The summed E-state index contributed by atoms with van der Waals surface area (Å²) in [6.45, 7) is 0. The Balaban J connectivity index is 1.74. The minimum atomic E-state index is -0.477. The number of rotatable bonds is 4. The average Bonchev–Trinajstić information content (AvgIpc) is 3.27.